The summed E-state index contributed by atoms with van der Waals surface area (Å²) >= 11 is 0. The monoisotopic (exact) mass is 385 g/mol. The quantitative estimate of drug-likeness (QED) is 0.755. The molecule has 1 unspecified atom stereocenters. The summed E-state index contributed by atoms with van der Waals surface area (Å²) in [6, 6.07) is 5.51. The van der Waals surface area contributed by atoms with Crippen molar-refractivity contribution in [1.82, 2.24) is 4.90 Å². The number of hydrogen-bond donors (Lipinski definition) is 0. The van der Waals surface area contributed by atoms with Crippen molar-refractivity contribution < 1.29 is 23.5 Å². The largest absolute Gasteiger partial charge is 0.496 e. The molecule has 2 heterocycles. The normalized spacial score (nSPS) is 20.6. The molecular weight excluding hydrogens is 362 g/mol. The molecule has 1 spiro atoms. The maximum absolute atomic E-state index is 13.3. The van der Waals surface area contributed by atoms with Crippen LogP contribution in [-0.4, -0.2) is 43.6 Å². The van der Waals surface area contributed by atoms with Crippen LogP contribution in [0.1, 0.15) is 42.7 Å². The third-order valence-electron chi connectivity index (χ3n) is 6.13. The minimum absolute atomic E-state index is 0.0700. The molecule has 2 aliphatic rings. The first-order valence-corrected chi connectivity index (χ1v) is 9.48. The fourth-order valence-electron chi connectivity index (χ4n) is 4.42. The molecule has 1 saturated heterocycles. The van der Waals surface area contributed by atoms with Crippen LogP contribution in [-0.2, 0) is 9.53 Å². The number of carbonyl (C=O) groups is 2. The Hall–Kier alpha value is -2.83. The lowest BCUT2D eigenvalue weighted by Gasteiger charge is -2.50. The lowest BCUT2D eigenvalue weighted by molar-refractivity contribution is -0.149. The average Bonchev–Trinajstić information content (AvgIpc) is 2.70. The molecular formula is C21H23NO6. The van der Waals surface area contributed by atoms with Gasteiger partial charge < -0.3 is 18.8 Å². The second-order valence-corrected chi connectivity index (χ2v) is 7.67. The number of fused-ring (bicyclic) bond motifs is 1. The van der Waals surface area contributed by atoms with E-state index in [0.29, 0.717) is 24.1 Å². The van der Waals surface area contributed by atoms with Crippen LogP contribution in [0, 0.1) is 5.41 Å². The Morgan fingerprint density at radius 2 is 2.00 bits per heavy atom. The van der Waals surface area contributed by atoms with E-state index < -0.39 is 17.9 Å². The van der Waals surface area contributed by atoms with Gasteiger partial charge in [0.2, 0.25) is 0 Å². The first-order valence-electron chi connectivity index (χ1n) is 9.48. The van der Waals surface area contributed by atoms with E-state index in [4.69, 9.17) is 13.9 Å². The van der Waals surface area contributed by atoms with E-state index >= 15 is 0 Å². The number of esters is 1. The van der Waals surface area contributed by atoms with Crippen molar-refractivity contribution in [3.8, 4) is 5.75 Å². The molecule has 7 heteroatoms. The van der Waals surface area contributed by atoms with Gasteiger partial charge in [-0.05, 0) is 43.2 Å². The maximum atomic E-state index is 13.3. The van der Waals surface area contributed by atoms with Crippen LogP contribution in [0.5, 0.6) is 5.75 Å². The Morgan fingerprint density at radius 1 is 1.21 bits per heavy atom. The third kappa shape index (κ3) is 2.95. The Labute approximate surface area is 162 Å². The predicted octanol–water partition coefficient (Wildman–Crippen LogP) is 2.75. The summed E-state index contributed by atoms with van der Waals surface area (Å²) in [6.07, 6.45) is 4.68. The molecule has 1 amide bonds. The molecule has 1 aliphatic heterocycles. The van der Waals surface area contributed by atoms with E-state index in [0.717, 1.165) is 25.7 Å². The highest BCUT2D eigenvalue weighted by atomic mass is 16.5. The molecule has 7 nitrogen and oxygen atoms in total. The first-order chi connectivity index (χ1) is 13.5. The average molecular weight is 385 g/mol. The minimum Gasteiger partial charge on any atom is -0.496 e. The highest BCUT2D eigenvalue weighted by Gasteiger charge is 2.47. The fourth-order valence-corrected chi connectivity index (χ4v) is 4.42. The van der Waals surface area contributed by atoms with Gasteiger partial charge in [-0.2, -0.15) is 0 Å². The Morgan fingerprint density at radius 3 is 2.64 bits per heavy atom. The Bertz CT molecular complexity index is 990. The number of nitrogens with zero attached hydrogens (tertiary/aromatic N) is 1. The zero-order valence-corrected chi connectivity index (χ0v) is 16.0. The molecule has 148 valence electrons. The number of hydrogen-bond acceptors (Lipinski definition) is 6. The maximum Gasteiger partial charge on any atom is 0.328 e. The number of rotatable bonds is 3. The van der Waals surface area contributed by atoms with E-state index in [-0.39, 0.29) is 22.2 Å². The lowest BCUT2D eigenvalue weighted by atomic mass is 9.63. The van der Waals surface area contributed by atoms with Gasteiger partial charge in [0.05, 0.1) is 14.2 Å². The SMILES string of the molecule is COC(=O)C1CCC2(CCC2)CN1C(=O)c1cc(=O)c2c(OC)cccc2o1. The molecule has 1 aliphatic carbocycles. The standard InChI is InChI=1S/C21H23NO6/c1-26-15-5-3-6-16-18(15)14(23)11-17(28-16)19(24)22-12-21(8-4-9-21)10-7-13(22)20(25)27-2/h3,5-6,11,13H,4,7-10,12H2,1-2H3. The molecule has 1 saturated carbocycles. The second-order valence-electron chi connectivity index (χ2n) is 7.67. The van der Waals surface area contributed by atoms with Gasteiger partial charge in [0.25, 0.3) is 5.91 Å². The number of piperidine rings is 1. The van der Waals surface area contributed by atoms with Crippen molar-refractivity contribution in [2.24, 2.45) is 5.41 Å². The summed E-state index contributed by atoms with van der Waals surface area (Å²) in [5.41, 5.74) is -0.00666. The molecule has 0 bridgehead atoms. The summed E-state index contributed by atoms with van der Waals surface area (Å²) in [5.74, 6) is -0.573. The van der Waals surface area contributed by atoms with Crippen LogP contribution < -0.4 is 10.2 Å². The number of carbonyl (C=O) groups excluding carboxylic acids is 2. The van der Waals surface area contributed by atoms with Gasteiger partial charge in [-0.15, -0.1) is 0 Å². The number of ether oxygens (including phenoxy) is 2. The van der Waals surface area contributed by atoms with Crippen molar-refractivity contribution in [2.45, 2.75) is 38.1 Å². The van der Waals surface area contributed by atoms with E-state index in [1.54, 1.807) is 18.2 Å². The zero-order valence-electron chi connectivity index (χ0n) is 16.0. The summed E-state index contributed by atoms with van der Waals surface area (Å²) in [6.45, 7) is 0.478. The van der Waals surface area contributed by atoms with Crippen molar-refractivity contribution in [2.75, 3.05) is 20.8 Å². The van der Waals surface area contributed by atoms with Crippen LogP contribution in [0.4, 0.5) is 0 Å². The Balaban J connectivity index is 1.73. The van der Waals surface area contributed by atoms with E-state index in [2.05, 4.69) is 0 Å². The van der Waals surface area contributed by atoms with E-state index in [9.17, 15) is 14.4 Å². The molecule has 2 aromatic rings. The topological polar surface area (TPSA) is 86.0 Å². The van der Waals surface area contributed by atoms with Crippen LogP contribution in [0.2, 0.25) is 0 Å². The molecule has 2 fully saturated rings. The van der Waals surface area contributed by atoms with Crippen molar-refractivity contribution in [3.05, 3.63) is 40.2 Å². The second kappa shape index (κ2) is 6.96. The lowest BCUT2D eigenvalue weighted by Crippen LogP contribution is -2.56. The fraction of sp³-hybridized carbons (Fsp3) is 0.476. The molecule has 0 radical (unpaired) electrons. The van der Waals surface area contributed by atoms with Gasteiger partial charge in [-0.3, -0.25) is 9.59 Å². The van der Waals surface area contributed by atoms with Crippen LogP contribution >= 0.6 is 0 Å². The minimum atomic E-state index is -0.657. The van der Waals surface area contributed by atoms with Crippen molar-refractivity contribution >= 4 is 22.8 Å². The molecule has 1 aromatic heterocycles. The summed E-state index contributed by atoms with van der Waals surface area (Å²) in [7, 11) is 2.79. The summed E-state index contributed by atoms with van der Waals surface area (Å²) < 4.78 is 15.9. The summed E-state index contributed by atoms with van der Waals surface area (Å²) in [5, 5.41) is 0.292. The van der Waals surface area contributed by atoms with Crippen LogP contribution in [0.3, 0.4) is 0 Å². The van der Waals surface area contributed by atoms with Gasteiger partial charge in [-0.25, -0.2) is 4.79 Å². The molecule has 28 heavy (non-hydrogen) atoms. The highest BCUT2D eigenvalue weighted by molar-refractivity contribution is 5.96. The van der Waals surface area contributed by atoms with Gasteiger partial charge in [-0.1, -0.05) is 12.5 Å². The van der Waals surface area contributed by atoms with Gasteiger partial charge in [0, 0.05) is 12.6 Å². The number of likely N-dealkylation sites (tertiary alicyclic amines) is 1. The smallest absolute Gasteiger partial charge is 0.328 e. The predicted molar refractivity (Wildman–Crippen MR) is 101 cm³/mol. The molecule has 4 rings (SSSR count). The van der Waals surface area contributed by atoms with Crippen LogP contribution in [0.15, 0.2) is 33.5 Å². The summed E-state index contributed by atoms with van der Waals surface area (Å²) in [4.78, 5) is 39.7. The van der Waals surface area contributed by atoms with Crippen molar-refractivity contribution in [3.63, 3.8) is 0 Å². The molecule has 1 aromatic carbocycles. The number of benzene rings is 1. The number of methoxy groups -OCH3 is 2. The van der Waals surface area contributed by atoms with Gasteiger partial charge >= 0.3 is 5.97 Å². The van der Waals surface area contributed by atoms with Crippen LogP contribution in [0.25, 0.3) is 11.0 Å². The molecule has 1 atom stereocenters. The number of amides is 1. The van der Waals surface area contributed by atoms with E-state index in [1.807, 2.05) is 0 Å². The molecule has 0 N–H and O–H groups in total. The van der Waals surface area contributed by atoms with E-state index in [1.165, 1.54) is 25.2 Å². The third-order valence-corrected chi connectivity index (χ3v) is 6.13. The first kappa shape index (κ1) is 18.5. The van der Waals surface area contributed by atoms with Gasteiger partial charge in [0.15, 0.2) is 11.2 Å². The Kier molecular flexibility index (Phi) is 4.61. The zero-order chi connectivity index (χ0) is 19.9. The highest BCUT2D eigenvalue weighted by Crippen LogP contribution is 2.49. The van der Waals surface area contributed by atoms with Crippen molar-refractivity contribution in [1.29, 1.82) is 0 Å². The van der Waals surface area contributed by atoms with Gasteiger partial charge in [0.1, 0.15) is 22.8 Å².